The molecule has 29 heavy (non-hydrogen) atoms. The molecule has 152 valence electrons. The Kier molecular flexibility index (Phi) is 6.32. The van der Waals surface area contributed by atoms with E-state index in [-0.39, 0.29) is 24.3 Å². The van der Waals surface area contributed by atoms with E-state index in [9.17, 15) is 9.59 Å². The second-order valence-electron chi connectivity index (χ2n) is 7.52. The second-order valence-corrected chi connectivity index (χ2v) is 7.52. The summed E-state index contributed by atoms with van der Waals surface area (Å²) in [6, 6.07) is 15.6. The average Bonchev–Trinajstić information content (AvgIpc) is 3.10. The van der Waals surface area contributed by atoms with Crippen molar-refractivity contribution in [3.8, 4) is 11.1 Å². The molecule has 0 saturated carbocycles. The van der Waals surface area contributed by atoms with E-state index < -0.39 is 0 Å². The topological polar surface area (TPSA) is 62.2 Å². The minimum absolute atomic E-state index is 0.0126. The molecule has 1 saturated heterocycles. The first-order valence-corrected chi connectivity index (χ1v) is 9.66. The number of aryl methyl sites for hydroxylation is 1. The lowest BCUT2D eigenvalue weighted by Gasteiger charge is -2.25. The lowest BCUT2D eigenvalue weighted by atomic mass is 9.99. The smallest absolute Gasteiger partial charge is 0.254 e. The minimum atomic E-state index is -0.220. The van der Waals surface area contributed by atoms with Gasteiger partial charge < -0.3 is 14.6 Å². The van der Waals surface area contributed by atoms with Gasteiger partial charge in [0, 0.05) is 38.5 Å². The maximum Gasteiger partial charge on any atom is 0.254 e. The van der Waals surface area contributed by atoms with Crippen LogP contribution in [-0.2, 0) is 9.63 Å². The van der Waals surface area contributed by atoms with Crippen molar-refractivity contribution in [3.05, 3.63) is 59.7 Å². The summed E-state index contributed by atoms with van der Waals surface area (Å²) in [5.41, 5.74) is 4.78. The molecule has 0 aromatic heterocycles. The zero-order valence-electron chi connectivity index (χ0n) is 17.4. The van der Waals surface area contributed by atoms with Crippen LogP contribution in [0.25, 0.3) is 11.1 Å². The maximum atomic E-state index is 13.2. The Balaban J connectivity index is 1.82. The highest BCUT2D eigenvalue weighted by atomic mass is 16.6. The van der Waals surface area contributed by atoms with E-state index in [2.05, 4.69) is 24.2 Å². The van der Waals surface area contributed by atoms with Gasteiger partial charge in [0.15, 0.2) is 0 Å². The third-order valence-corrected chi connectivity index (χ3v) is 5.24. The van der Waals surface area contributed by atoms with Crippen LogP contribution in [0.2, 0.25) is 0 Å². The van der Waals surface area contributed by atoms with E-state index in [4.69, 9.17) is 4.84 Å². The average molecular weight is 393 g/mol. The van der Waals surface area contributed by atoms with E-state index in [1.807, 2.05) is 36.4 Å². The summed E-state index contributed by atoms with van der Waals surface area (Å²) >= 11 is 0. The summed E-state index contributed by atoms with van der Waals surface area (Å²) < 4.78 is 0. The Bertz CT molecular complexity index is 919. The molecule has 6 heteroatoms. The van der Waals surface area contributed by atoms with Gasteiger partial charge in [0.05, 0.1) is 12.3 Å². The Morgan fingerprint density at radius 1 is 1.14 bits per heavy atom. The van der Waals surface area contributed by atoms with Crippen molar-refractivity contribution in [2.75, 3.05) is 27.7 Å². The van der Waals surface area contributed by atoms with Gasteiger partial charge in [-0.15, -0.1) is 0 Å². The van der Waals surface area contributed by atoms with Gasteiger partial charge in [-0.2, -0.15) is 0 Å². The summed E-state index contributed by atoms with van der Waals surface area (Å²) in [5, 5.41) is 4.01. The summed E-state index contributed by atoms with van der Waals surface area (Å²) in [6.45, 7) is 2.44. The molecule has 1 fully saturated rings. The first kappa shape index (κ1) is 20.6. The van der Waals surface area contributed by atoms with E-state index in [0.29, 0.717) is 18.5 Å². The molecule has 0 spiro atoms. The third-order valence-electron chi connectivity index (χ3n) is 5.24. The standard InChI is InChI=1S/C23H27N3O3/c1-16-7-5-6-8-21(16)17-9-11-18(12-10-17)23(28)26-15-19(24-29-4)13-20(26)14-22(27)25(2)3/h5-12,20H,13-15H2,1-4H3/t20-/m0/s1. The van der Waals surface area contributed by atoms with E-state index in [0.717, 1.165) is 16.8 Å². The van der Waals surface area contributed by atoms with Crippen LogP contribution in [0.4, 0.5) is 0 Å². The Morgan fingerprint density at radius 2 is 1.83 bits per heavy atom. The molecule has 1 atom stereocenters. The van der Waals surface area contributed by atoms with Gasteiger partial charge in [0.25, 0.3) is 5.91 Å². The molecule has 0 radical (unpaired) electrons. The predicted octanol–water partition coefficient (Wildman–Crippen LogP) is 3.36. The predicted molar refractivity (Wildman–Crippen MR) is 114 cm³/mol. The van der Waals surface area contributed by atoms with Crippen LogP contribution in [0.1, 0.15) is 28.8 Å². The van der Waals surface area contributed by atoms with Crippen LogP contribution >= 0.6 is 0 Å². The monoisotopic (exact) mass is 393 g/mol. The van der Waals surface area contributed by atoms with E-state index in [1.54, 1.807) is 23.9 Å². The van der Waals surface area contributed by atoms with Crippen molar-refractivity contribution in [2.24, 2.45) is 5.16 Å². The number of oxime groups is 1. The number of amides is 2. The van der Waals surface area contributed by atoms with Crippen molar-refractivity contribution in [1.29, 1.82) is 0 Å². The first-order chi connectivity index (χ1) is 13.9. The van der Waals surface area contributed by atoms with Crippen molar-refractivity contribution < 1.29 is 14.4 Å². The van der Waals surface area contributed by atoms with Crippen molar-refractivity contribution in [1.82, 2.24) is 9.80 Å². The van der Waals surface area contributed by atoms with Crippen LogP contribution in [0.3, 0.4) is 0 Å². The molecule has 0 unspecified atom stereocenters. The fraction of sp³-hybridized carbons (Fsp3) is 0.348. The number of rotatable bonds is 5. The molecule has 2 amide bonds. The fourth-order valence-electron chi connectivity index (χ4n) is 3.63. The second kappa shape index (κ2) is 8.90. The summed E-state index contributed by atoms with van der Waals surface area (Å²) in [5.74, 6) is -0.111. The highest BCUT2D eigenvalue weighted by Gasteiger charge is 2.35. The van der Waals surface area contributed by atoms with Gasteiger partial charge in [-0.25, -0.2) is 0 Å². The molecule has 6 nitrogen and oxygen atoms in total. The van der Waals surface area contributed by atoms with Gasteiger partial charge in [-0.05, 0) is 35.7 Å². The molecular formula is C23H27N3O3. The van der Waals surface area contributed by atoms with Crippen molar-refractivity contribution in [3.63, 3.8) is 0 Å². The van der Waals surface area contributed by atoms with Crippen LogP contribution < -0.4 is 0 Å². The highest BCUT2D eigenvalue weighted by molar-refractivity contribution is 6.01. The van der Waals surface area contributed by atoms with E-state index in [1.165, 1.54) is 12.7 Å². The number of hydrogen-bond acceptors (Lipinski definition) is 4. The number of benzene rings is 2. The number of carbonyl (C=O) groups is 2. The SMILES string of the molecule is CON=C1C[C@@H](CC(=O)N(C)C)N(C(=O)c2ccc(-c3ccccc3C)cc2)C1. The molecule has 0 bridgehead atoms. The normalized spacial score (nSPS) is 17.4. The number of likely N-dealkylation sites (tertiary alicyclic amines) is 1. The number of nitrogens with zero attached hydrogens (tertiary/aromatic N) is 3. The van der Waals surface area contributed by atoms with Crippen molar-refractivity contribution >= 4 is 17.5 Å². The van der Waals surface area contributed by atoms with Crippen LogP contribution in [0, 0.1) is 6.92 Å². The van der Waals surface area contributed by atoms with Gasteiger partial charge in [-0.1, -0.05) is 41.6 Å². The molecule has 0 aliphatic carbocycles. The van der Waals surface area contributed by atoms with Gasteiger partial charge in [-0.3, -0.25) is 9.59 Å². The Labute approximate surface area is 171 Å². The van der Waals surface area contributed by atoms with Gasteiger partial charge in [0.1, 0.15) is 7.11 Å². The quantitative estimate of drug-likeness (QED) is 0.732. The lowest BCUT2D eigenvalue weighted by molar-refractivity contribution is -0.129. The van der Waals surface area contributed by atoms with E-state index >= 15 is 0 Å². The van der Waals surface area contributed by atoms with Crippen LogP contribution in [0.15, 0.2) is 53.7 Å². The minimum Gasteiger partial charge on any atom is -0.399 e. The zero-order valence-corrected chi connectivity index (χ0v) is 17.4. The molecule has 1 heterocycles. The van der Waals surface area contributed by atoms with Crippen molar-refractivity contribution in [2.45, 2.75) is 25.8 Å². The third kappa shape index (κ3) is 4.65. The largest absolute Gasteiger partial charge is 0.399 e. The Hall–Kier alpha value is -3.15. The fourth-order valence-corrected chi connectivity index (χ4v) is 3.63. The molecule has 0 N–H and O–H groups in total. The molecule has 3 rings (SSSR count). The molecule has 1 aliphatic heterocycles. The molecule has 1 aliphatic rings. The maximum absolute atomic E-state index is 13.2. The lowest BCUT2D eigenvalue weighted by Crippen LogP contribution is -2.39. The summed E-state index contributed by atoms with van der Waals surface area (Å²) in [4.78, 5) is 33.6. The van der Waals surface area contributed by atoms with Crippen LogP contribution in [0.5, 0.6) is 0 Å². The summed E-state index contributed by atoms with van der Waals surface area (Å²) in [6.07, 6.45) is 0.809. The number of hydrogen-bond donors (Lipinski definition) is 0. The highest BCUT2D eigenvalue weighted by Crippen LogP contribution is 2.26. The molecule has 2 aromatic carbocycles. The number of carbonyl (C=O) groups excluding carboxylic acids is 2. The molecule has 2 aromatic rings. The zero-order chi connectivity index (χ0) is 21.0. The Morgan fingerprint density at radius 3 is 2.45 bits per heavy atom. The first-order valence-electron chi connectivity index (χ1n) is 9.66. The molecular weight excluding hydrogens is 366 g/mol. The van der Waals surface area contributed by atoms with Gasteiger partial charge in [0.2, 0.25) is 5.91 Å². The van der Waals surface area contributed by atoms with Gasteiger partial charge >= 0.3 is 0 Å². The van der Waals surface area contributed by atoms with Crippen LogP contribution in [-0.4, -0.2) is 61.1 Å². The summed E-state index contributed by atoms with van der Waals surface area (Å²) in [7, 11) is 4.93.